The van der Waals surface area contributed by atoms with Gasteiger partial charge in [0.2, 0.25) is 82.7 Å². The molecule has 0 aliphatic heterocycles. The number of amides is 14. The van der Waals surface area contributed by atoms with Crippen LogP contribution in [0.15, 0.2) is 24.3 Å². The Morgan fingerprint density at radius 2 is 0.510 bits per heavy atom. The van der Waals surface area contributed by atoms with E-state index in [-0.39, 0.29) is 12.2 Å². The minimum atomic E-state index is -1.84. The van der Waals surface area contributed by atoms with Crippen LogP contribution in [0.3, 0.4) is 0 Å². The molecule has 14 amide bonds. The smallest absolute Gasteiger partial charge is 0.245 e. The van der Waals surface area contributed by atoms with Gasteiger partial charge in [-0.3, -0.25) is 110 Å². The van der Waals surface area contributed by atoms with Gasteiger partial charge in [-0.2, -0.15) is 0 Å². The molecular formula is C51H90N38O15. The Morgan fingerprint density at radius 1 is 0.288 bits per heavy atom. The van der Waals surface area contributed by atoms with Crippen molar-refractivity contribution in [1.29, 1.82) is 43.3 Å². The van der Waals surface area contributed by atoms with Crippen LogP contribution < -0.4 is 163 Å². The summed E-state index contributed by atoms with van der Waals surface area (Å²) in [6.07, 6.45) is -0.0381. The van der Waals surface area contributed by atoms with E-state index >= 15 is 0 Å². The number of phenols is 1. The van der Waals surface area contributed by atoms with Gasteiger partial charge in [0.15, 0.2) is 47.7 Å². The van der Waals surface area contributed by atoms with E-state index in [0.717, 1.165) is 6.92 Å². The molecule has 0 spiro atoms. The van der Waals surface area contributed by atoms with Crippen LogP contribution in [0.25, 0.3) is 0 Å². The largest absolute Gasteiger partial charge is 0.508 e. The standard InChI is InChI=1S/C51H90N38O15/c1-19(90)81-22(6-20-2-4-21(91)5-3-20)36(97)70-15-31(92)69-16-32(93)82-27(11-77-48(61)62)40(101)89-30(14-80-51(67)68)43(104)87-25(9-75-46(57)58)38(99)72-17-33(94)83-26(10-76-47(59)60)39(100)86-24(8-74-45(55)56)37(98)71-18-34(95)84-28(12-78-49(63)64)41(102)88-29(13-79-50(65)66)42(103)85-23(35(52)96)7-73-44(53)54/h2-5,22-30,91H,6-18H2,1H3,(H2,52,96)(H,69,92)(H,70,97)(H,71,98)(H,72,99)(H,81,90)(H,82,93)(H,83,94)(H,84,95)(H,85,103)(H,86,100)(H,87,104)(H,88,102)(H,89,101)(H4,53,54,73)(H4,55,56,74)(H4,57,58,75)(H4,59,60,76)(H4,61,62,77)(H4,63,64,78)(H4,65,66,79)(H4,67,68,80)/t22-,23-,24-,25-,26-,27-,28-,29-,30-/m0/s1. The monoisotopic (exact) mass is 1470 g/mol. The zero-order valence-electron chi connectivity index (χ0n) is 55.6. The molecule has 1 aromatic carbocycles. The van der Waals surface area contributed by atoms with Crippen LogP contribution in [0, 0.1) is 43.3 Å². The van der Waals surface area contributed by atoms with Crippen LogP contribution in [-0.2, 0) is 73.5 Å². The van der Waals surface area contributed by atoms with Crippen molar-refractivity contribution in [2.75, 3.05) is 78.5 Å². The van der Waals surface area contributed by atoms with Gasteiger partial charge >= 0.3 is 0 Å². The topological polar surface area (TPSA) is 937 Å². The number of primary amides is 1. The Morgan fingerprint density at radius 3 is 0.769 bits per heavy atom. The molecule has 9 atom stereocenters. The number of carbonyl (C=O) groups is 14. The summed E-state index contributed by atoms with van der Waals surface area (Å²) in [6, 6.07) is -9.44. The Hall–Kier alpha value is -14.2. The second kappa shape index (κ2) is 45.4. The van der Waals surface area contributed by atoms with Gasteiger partial charge in [0.25, 0.3) is 0 Å². The molecule has 0 heterocycles. The molecule has 104 heavy (non-hydrogen) atoms. The lowest BCUT2D eigenvalue weighted by Gasteiger charge is -2.26. The maximum Gasteiger partial charge on any atom is 0.245 e. The van der Waals surface area contributed by atoms with Gasteiger partial charge in [0.1, 0.15) is 60.1 Å². The van der Waals surface area contributed by atoms with E-state index in [1.54, 1.807) is 0 Å². The number of carbonyl (C=O) groups excluding carboxylic acids is 14. The van der Waals surface area contributed by atoms with Gasteiger partial charge in [-0.15, -0.1) is 0 Å². The van der Waals surface area contributed by atoms with Gasteiger partial charge in [-0.1, -0.05) is 12.1 Å². The summed E-state index contributed by atoms with van der Waals surface area (Å²) >= 11 is 0. The fourth-order valence-corrected chi connectivity index (χ4v) is 7.92. The van der Waals surface area contributed by atoms with Crippen molar-refractivity contribution < 1.29 is 72.2 Å². The second-order valence-corrected chi connectivity index (χ2v) is 21.5. The lowest BCUT2D eigenvalue weighted by atomic mass is 10.0. The average molecular weight is 1480 g/mol. The molecule has 0 saturated heterocycles. The number of benzene rings is 1. The molecule has 0 saturated carbocycles. The van der Waals surface area contributed by atoms with E-state index < -0.39 is 263 Å². The van der Waals surface area contributed by atoms with Crippen LogP contribution in [0.1, 0.15) is 12.5 Å². The van der Waals surface area contributed by atoms with Gasteiger partial charge in [0.05, 0.1) is 26.2 Å². The van der Waals surface area contributed by atoms with E-state index in [4.69, 9.17) is 94.9 Å². The number of hydrogen-bond donors (Lipinski definition) is 39. The van der Waals surface area contributed by atoms with E-state index in [9.17, 15) is 72.2 Å². The number of nitrogens with two attached hydrogens (primary N) is 9. The first-order valence-electron chi connectivity index (χ1n) is 30.1. The van der Waals surface area contributed by atoms with Gasteiger partial charge in [-0.25, -0.2) is 0 Å². The predicted octanol–water partition coefficient (Wildman–Crippen LogP) is -19.9. The summed E-state index contributed by atoms with van der Waals surface area (Å²) in [7, 11) is 0. The molecule has 48 N–H and O–H groups in total. The van der Waals surface area contributed by atoms with E-state index in [2.05, 4.69) is 112 Å². The summed E-state index contributed by atoms with van der Waals surface area (Å²) in [5.74, 6) is -21.0. The van der Waals surface area contributed by atoms with Crippen molar-refractivity contribution in [2.24, 2.45) is 51.6 Å². The Bertz CT molecular complexity index is 3360. The zero-order chi connectivity index (χ0) is 78.9. The Kier molecular flexibility index (Phi) is 38.3. The average Bonchev–Trinajstić information content (AvgIpc) is 0.883. The van der Waals surface area contributed by atoms with Crippen LogP contribution in [0.5, 0.6) is 5.75 Å². The summed E-state index contributed by atoms with van der Waals surface area (Å²) in [6.45, 7) is -7.67. The summed E-state index contributed by atoms with van der Waals surface area (Å²) in [5, 5.41) is 118. The van der Waals surface area contributed by atoms with E-state index in [1.807, 2.05) is 0 Å². The summed E-state index contributed by atoms with van der Waals surface area (Å²) < 4.78 is 0. The third-order valence-electron chi connectivity index (χ3n) is 12.9. The Labute approximate surface area is 589 Å². The van der Waals surface area contributed by atoms with Crippen molar-refractivity contribution in [1.82, 2.24) is 112 Å². The molecule has 53 nitrogen and oxygen atoms in total. The minimum absolute atomic E-state index is 0.0381. The molecule has 0 fully saturated rings. The molecule has 0 aromatic heterocycles. The zero-order valence-corrected chi connectivity index (χ0v) is 55.6. The quantitative estimate of drug-likeness (QED) is 0.0213. The van der Waals surface area contributed by atoms with Gasteiger partial charge in [-0.05, 0) is 17.7 Å². The van der Waals surface area contributed by atoms with E-state index in [1.165, 1.54) is 24.3 Å². The number of guanidine groups is 8. The molecule has 0 unspecified atom stereocenters. The van der Waals surface area contributed by atoms with Crippen molar-refractivity contribution >= 4 is 130 Å². The predicted molar refractivity (Wildman–Crippen MR) is 365 cm³/mol. The molecule has 53 heteroatoms. The molecule has 1 rings (SSSR count). The van der Waals surface area contributed by atoms with Crippen molar-refractivity contribution in [3.63, 3.8) is 0 Å². The number of phenolic OH excluding ortho intramolecular Hbond substituents is 1. The van der Waals surface area contributed by atoms with Gasteiger partial charge in [0, 0.05) is 65.7 Å². The lowest BCUT2D eigenvalue weighted by Crippen LogP contribution is -2.63. The maximum absolute atomic E-state index is 14.0. The van der Waals surface area contributed by atoms with Crippen LogP contribution in [-0.4, -0.2) is 268 Å². The molecule has 1 aromatic rings. The maximum atomic E-state index is 14.0. The van der Waals surface area contributed by atoms with Crippen molar-refractivity contribution in [3.8, 4) is 5.75 Å². The molecule has 0 aliphatic carbocycles. The van der Waals surface area contributed by atoms with Crippen LogP contribution in [0.4, 0.5) is 0 Å². The second-order valence-electron chi connectivity index (χ2n) is 21.5. The molecular weight excluding hydrogens is 1380 g/mol. The van der Waals surface area contributed by atoms with Crippen molar-refractivity contribution in [2.45, 2.75) is 67.7 Å². The third kappa shape index (κ3) is 38.1. The summed E-state index contributed by atoms with van der Waals surface area (Å²) in [4.78, 5) is 186. The fourth-order valence-electron chi connectivity index (χ4n) is 7.92. The number of nitrogens with one attached hydrogen (secondary N) is 29. The third-order valence-corrected chi connectivity index (χ3v) is 12.9. The first-order valence-corrected chi connectivity index (χ1v) is 30.1. The first kappa shape index (κ1) is 87.8. The molecule has 574 valence electrons. The first-order chi connectivity index (χ1) is 48.6. The lowest BCUT2D eigenvalue weighted by molar-refractivity contribution is -0.134. The molecule has 0 bridgehead atoms. The van der Waals surface area contributed by atoms with Crippen LogP contribution in [0.2, 0.25) is 0 Å². The summed E-state index contributed by atoms with van der Waals surface area (Å²) in [5.41, 5.74) is 49.1. The highest BCUT2D eigenvalue weighted by Crippen LogP contribution is 2.12. The number of rotatable bonds is 44. The normalized spacial score (nSPS) is 12.9. The van der Waals surface area contributed by atoms with Gasteiger partial charge < -0.3 is 168 Å². The van der Waals surface area contributed by atoms with Crippen molar-refractivity contribution in [3.05, 3.63) is 29.8 Å². The highest BCUT2D eigenvalue weighted by Gasteiger charge is 2.34. The highest BCUT2D eigenvalue weighted by molar-refractivity contribution is 6.00. The number of hydrogen-bond acceptors (Lipinski definition) is 23. The minimum Gasteiger partial charge on any atom is -0.508 e. The highest BCUT2D eigenvalue weighted by atomic mass is 16.3. The van der Waals surface area contributed by atoms with E-state index in [0.29, 0.717) is 5.56 Å². The molecule has 0 radical (unpaired) electrons. The fraction of sp³-hybridized carbons (Fsp3) is 0.451. The van der Waals surface area contributed by atoms with Crippen LogP contribution >= 0.6 is 0 Å². The number of aromatic hydroxyl groups is 1. The Balaban J connectivity index is 3.33. The SMILES string of the molecule is CC(=O)N[C@@H](Cc1ccc(O)cc1)C(=O)NCC(=O)NCC(=O)N[C@@H](CNC(=N)N)C(=O)N[C@@H](CNC(=N)N)C(=O)N[C@@H](CNC(=N)N)C(=O)NCC(=O)N[C@@H](CNC(=N)N)C(=O)N[C@@H](CNC(=N)N)C(=O)NCC(=O)N[C@@H](CNC(=N)N)C(=O)N[C@@H](CNC(=N)N)C(=O)N[C@@H](CNC(=N)N)C(N)=O. The molecule has 0 aliphatic rings.